The summed E-state index contributed by atoms with van der Waals surface area (Å²) in [6.45, 7) is 3.13. The monoisotopic (exact) mass is 232 g/mol. The van der Waals surface area contributed by atoms with Gasteiger partial charge in [0.1, 0.15) is 5.75 Å². The van der Waals surface area contributed by atoms with Gasteiger partial charge in [0.2, 0.25) is 0 Å². The average Bonchev–Trinajstić information content (AvgIpc) is 2.18. The van der Waals surface area contributed by atoms with E-state index < -0.39 is 6.36 Å². The van der Waals surface area contributed by atoms with Gasteiger partial charge >= 0.3 is 6.36 Å². The van der Waals surface area contributed by atoms with E-state index in [2.05, 4.69) is 4.74 Å². The highest BCUT2D eigenvalue weighted by Crippen LogP contribution is 2.27. The molecule has 0 atom stereocenters. The van der Waals surface area contributed by atoms with E-state index in [0.717, 1.165) is 6.07 Å². The van der Waals surface area contributed by atoms with Crippen LogP contribution in [-0.4, -0.2) is 12.1 Å². The van der Waals surface area contributed by atoms with Gasteiger partial charge in [0.05, 0.1) is 0 Å². The largest absolute Gasteiger partial charge is 0.573 e. The molecule has 0 aliphatic carbocycles. The number of carbonyl (C=O) groups is 1. The molecule has 0 aliphatic rings. The molecule has 88 valence electrons. The Hall–Kier alpha value is -1.52. The van der Waals surface area contributed by atoms with Gasteiger partial charge in [-0.25, -0.2) is 0 Å². The van der Waals surface area contributed by atoms with E-state index in [0.29, 0.717) is 5.56 Å². The number of ether oxygens (including phenoxy) is 1. The first-order valence-electron chi connectivity index (χ1n) is 4.73. The third kappa shape index (κ3) is 3.25. The quantitative estimate of drug-likeness (QED) is 0.745. The third-order valence-electron chi connectivity index (χ3n) is 2.06. The van der Waals surface area contributed by atoms with E-state index in [4.69, 9.17) is 0 Å². The molecule has 1 aromatic rings. The molecule has 0 saturated heterocycles. The number of carbonyl (C=O) groups excluding carboxylic acids is 1. The predicted molar refractivity (Wildman–Crippen MR) is 52.5 cm³/mol. The third-order valence-corrected chi connectivity index (χ3v) is 2.06. The predicted octanol–water partition coefficient (Wildman–Crippen LogP) is 3.49. The number of hydrogen-bond acceptors (Lipinski definition) is 2. The molecule has 0 unspecified atom stereocenters. The van der Waals surface area contributed by atoms with Crippen LogP contribution in [0.4, 0.5) is 13.2 Å². The van der Waals surface area contributed by atoms with Gasteiger partial charge in [0, 0.05) is 12.0 Å². The first-order chi connectivity index (χ1) is 7.33. The molecule has 0 amide bonds. The zero-order chi connectivity index (χ0) is 12.3. The van der Waals surface area contributed by atoms with Gasteiger partial charge in [0.15, 0.2) is 5.78 Å². The highest BCUT2D eigenvalue weighted by Gasteiger charge is 2.31. The van der Waals surface area contributed by atoms with Crippen LogP contribution in [0.2, 0.25) is 0 Å². The minimum absolute atomic E-state index is 0.216. The Labute approximate surface area is 91.0 Å². The topological polar surface area (TPSA) is 26.3 Å². The van der Waals surface area contributed by atoms with Crippen LogP contribution in [-0.2, 0) is 0 Å². The highest BCUT2D eigenvalue weighted by atomic mass is 19.4. The molecule has 2 nitrogen and oxygen atoms in total. The smallest absolute Gasteiger partial charge is 0.405 e. The number of hydrogen-bond donors (Lipinski definition) is 0. The Morgan fingerprint density at radius 3 is 2.50 bits per heavy atom. The van der Waals surface area contributed by atoms with E-state index in [9.17, 15) is 18.0 Å². The van der Waals surface area contributed by atoms with E-state index >= 15 is 0 Å². The summed E-state index contributed by atoms with van der Waals surface area (Å²) in [5, 5.41) is 0. The minimum atomic E-state index is -4.74. The lowest BCUT2D eigenvalue weighted by molar-refractivity contribution is -0.274. The first kappa shape index (κ1) is 12.5. The molecule has 0 fully saturated rings. The van der Waals surface area contributed by atoms with Crippen LogP contribution >= 0.6 is 0 Å². The fraction of sp³-hybridized carbons (Fsp3) is 0.364. The number of aryl methyl sites for hydroxylation is 1. The van der Waals surface area contributed by atoms with Crippen LogP contribution in [0.1, 0.15) is 29.3 Å². The van der Waals surface area contributed by atoms with Crippen LogP contribution in [0.25, 0.3) is 0 Å². The lowest BCUT2D eigenvalue weighted by Crippen LogP contribution is -2.18. The van der Waals surface area contributed by atoms with Crippen molar-refractivity contribution in [3.8, 4) is 5.75 Å². The van der Waals surface area contributed by atoms with Gasteiger partial charge in [-0.2, -0.15) is 0 Å². The van der Waals surface area contributed by atoms with Gasteiger partial charge in [-0.1, -0.05) is 19.1 Å². The molecule has 0 aliphatic heterocycles. The van der Waals surface area contributed by atoms with Crippen molar-refractivity contribution in [2.75, 3.05) is 0 Å². The fourth-order valence-electron chi connectivity index (χ4n) is 1.21. The maximum absolute atomic E-state index is 12.0. The minimum Gasteiger partial charge on any atom is -0.405 e. The molecule has 0 heterocycles. The van der Waals surface area contributed by atoms with Gasteiger partial charge in [-0.15, -0.1) is 13.2 Å². The van der Waals surface area contributed by atoms with Crippen LogP contribution in [0, 0.1) is 6.92 Å². The lowest BCUT2D eigenvalue weighted by Gasteiger charge is -2.12. The summed E-state index contributed by atoms with van der Waals surface area (Å²) < 4.78 is 39.9. The summed E-state index contributed by atoms with van der Waals surface area (Å²) in [5.74, 6) is -0.543. The van der Waals surface area contributed by atoms with Crippen molar-refractivity contribution in [3.05, 3.63) is 29.3 Å². The van der Waals surface area contributed by atoms with Crippen LogP contribution in [0.15, 0.2) is 18.2 Å². The Kier molecular flexibility index (Phi) is 3.57. The molecule has 0 aromatic heterocycles. The molecule has 0 spiro atoms. The van der Waals surface area contributed by atoms with Gasteiger partial charge < -0.3 is 4.74 Å². The van der Waals surface area contributed by atoms with Crippen molar-refractivity contribution in [3.63, 3.8) is 0 Å². The molecule has 0 radical (unpaired) electrons. The summed E-state index contributed by atoms with van der Waals surface area (Å²) in [4.78, 5) is 11.3. The maximum Gasteiger partial charge on any atom is 0.573 e. The SMILES string of the molecule is CCC(=O)c1ccc(C)c(OC(F)(F)F)c1. The van der Waals surface area contributed by atoms with Crippen LogP contribution in [0.3, 0.4) is 0 Å². The molecule has 1 rings (SSSR count). The molecular formula is C11H11F3O2. The van der Waals surface area contributed by atoms with Crippen molar-refractivity contribution in [2.24, 2.45) is 0 Å². The lowest BCUT2D eigenvalue weighted by atomic mass is 10.1. The molecule has 16 heavy (non-hydrogen) atoms. The molecule has 5 heteroatoms. The second-order valence-electron chi connectivity index (χ2n) is 3.30. The number of rotatable bonds is 3. The maximum atomic E-state index is 12.0. The number of halogens is 3. The number of Topliss-reactive ketones (excluding diaryl/α,β-unsaturated/α-hetero) is 1. The number of benzene rings is 1. The average molecular weight is 232 g/mol. The van der Waals surface area contributed by atoms with Crippen molar-refractivity contribution < 1.29 is 22.7 Å². The molecule has 0 saturated carbocycles. The Morgan fingerprint density at radius 2 is 2.00 bits per heavy atom. The van der Waals surface area contributed by atoms with Gasteiger partial charge in [0.25, 0.3) is 0 Å². The second kappa shape index (κ2) is 4.55. The Bertz CT molecular complexity index is 397. The summed E-state index contributed by atoms with van der Waals surface area (Å²) in [6, 6.07) is 4.04. The fourth-order valence-corrected chi connectivity index (χ4v) is 1.21. The van der Waals surface area contributed by atoms with Crippen molar-refractivity contribution in [1.82, 2.24) is 0 Å². The Balaban J connectivity index is 3.04. The standard InChI is InChI=1S/C11H11F3O2/c1-3-9(15)8-5-4-7(2)10(6-8)16-11(12,13)14/h4-6H,3H2,1-2H3. The number of alkyl halides is 3. The van der Waals surface area contributed by atoms with Gasteiger partial charge in [-0.05, 0) is 18.6 Å². The van der Waals surface area contributed by atoms with Crippen molar-refractivity contribution in [2.45, 2.75) is 26.6 Å². The van der Waals surface area contributed by atoms with E-state index in [-0.39, 0.29) is 23.5 Å². The Morgan fingerprint density at radius 1 is 1.38 bits per heavy atom. The summed E-state index contributed by atoms with van der Waals surface area (Å²) in [7, 11) is 0. The van der Waals surface area contributed by atoms with Crippen molar-refractivity contribution >= 4 is 5.78 Å². The number of ketones is 1. The summed E-state index contributed by atoms with van der Waals surface area (Å²) >= 11 is 0. The molecular weight excluding hydrogens is 221 g/mol. The van der Waals surface area contributed by atoms with Gasteiger partial charge in [-0.3, -0.25) is 4.79 Å². The van der Waals surface area contributed by atoms with E-state index in [1.54, 1.807) is 6.92 Å². The summed E-state index contributed by atoms with van der Waals surface area (Å²) in [5.41, 5.74) is 0.567. The van der Waals surface area contributed by atoms with Crippen molar-refractivity contribution in [1.29, 1.82) is 0 Å². The highest BCUT2D eigenvalue weighted by molar-refractivity contribution is 5.96. The molecule has 0 bridgehead atoms. The van der Waals surface area contributed by atoms with E-state index in [1.807, 2.05) is 0 Å². The first-order valence-corrected chi connectivity index (χ1v) is 4.73. The summed E-state index contributed by atoms with van der Waals surface area (Å²) in [6.07, 6.45) is -4.49. The van der Waals surface area contributed by atoms with Crippen LogP contribution in [0.5, 0.6) is 5.75 Å². The molecule has 1 aromatic carbocycles. The second-order valence-corrected chi connectivity index (χ2v) is 3.30. The van der Waals surface area contributed by atoms with E-state index in [1.165, 1.54) is 19.1 Å². The van der Waals surface area contributed by atoms with Crippen LogP contribution < -0.4 is 4.74 Å². The normalized spacial score (nSPS) is 11.3. The zero-order valence-electron chi connectivity index (χ0n) is 8.89. The zero-order valence-corrected chi connectivity index (χ0v) is 8.89. The molecule has 0 N–H and O–H groups in total.